The van der Waals surface area contributed by atoms with Crippen LogP contribution in [0, 0.1) is 0 Å². The number of aromatic hydroxyl groups is 1. The van der Waals surface area contributed by atoms with E-state index in [0.717, 1.165) is 0 Å². The van der Waals surface area contributed by atoms with Gasteiger partial charge in [0, 0.05) is 6.20 Å². The molecular weight excluding hydrogens is 230 g/mol. The molecule has 0 radical (unpaired) electrons. The van der Waals surface area contributed by atoms with Crippen LogP contribution in [0.3, 0.4) is 0 Å². The van der Waals surface area contributed by atoms with E-state index >= 15 is 0 Å². The van der Waals surface area contributed by atoms with Crippen molar-refractivity contribution in [3.05, 3.63) is 17.3 Å². The standard InChI is InChI=1S/C10H12ClN3O2/c1-2-7(5-15)14-8-3-6(11)4-12-9(8)13-10(14)16/h3-4,7,15H,2,5H2,1H3,(H,12,13,16). The van der Waals surface area contributed by atoms with Crippen molar-refractivity contribution in [2.24, 2.45) is 0 Å². The van der Waals surface area contributed by atoms with Crippen LogP contribution < -0.4 is 0 Å². The first-order chi connectivity index (χ1) is 7.67. The molecule has 5 nitrogen and oxygen atoms in total. The van der Waals surface area contributed by atoms with Gasteiger partial charge in [-0.3, -0.25) is 4.57 Å². The zero-order chi connectivity index (χ0) is 11.7. The summed E-state index contributed by atoms with van der Waals surface area (Å²) in [5, 5.41) is 19.4. The Morgan fingerprint density at radius 3 is 2.94 bits per heavy atom. The Kier molecular flexibility index (Phi) is 2.98. The summed E-state index contributed by atoms with van der Waals surface area (Å²) < 4.78 is 1.55. The molecule has 6 heteroatoms. The third-order valence-corrected chi connectivity index (χ3v) is 2.75. The topological polar surface area (TPSA) is 71.2 Å². The second kappa shape index (κ2) is 4.27. The second-order valence-electron chi connectivity index (χ2n) is 3.52. The number of pyridine rings is 1. The molecule has 0 aliphatic rings. The minimum Gasteiger partial charge on any atom is -0.480 e. The molecule has 0 aliphatic carbocycles. The van der Waals surface area contributed by atoms with Gasteiger partial charge >= 0.3 is 0 Å². The summed E-state index contributed by atoms with van der Waals surface area (Å²) >= 11 is 5.84. The van der Waals surface area contributed by atoms with E-state index in [-0.39, 0.29) is 18.7 Å². The first kappa shape index (κ1) is 11.2. The number of halogens is 1. The van der Waals surface area contributed by atoms with Crippen LogP contribution >= 0.6 is 11.6 Å². The van der Waals surface area contributed by atoms with Gasteiger partial charge in [0.05, 0.1) is 23.2 Å². The molecule has 0 spiro atoms. The van der Waals surface area contributed by atoms with Gasteiger partial charge in [0.1, 0.15) is 0 Å². The minimum absolute atomic E-state index is 0.0674. The highest BCUT2D eigenvalue weighted by Crippen LogP contribution is 2.27. The molecule has 2 aromatic heterocycles. The highest BCUT2D eigenvalue weighted by atomic mass is 35.5. The molecule has 2 heterocycles. The molecular formula is C10H12ClN3O2. The maximum absolute atomic E-state index is 9.72. The van der Waals surface area contributed by atoms with E-state index in [1.807, 2.05) is 6.92 Å². The molecule has 0 fully saturated rings. The van der Waals surface area contributed by atoms with E-state index in [9.17, 15) is 10.2 Å². The zero-order valence-corrected chi connectivity index (χ0v) is 9.52. The van der Waals surface area contributed by atoms with Crippen molar-refractivity contribution in [1.82, 2.24) is 14.5 Å². The number of aliphatic hydroxyl groups is 1. The van der Waals surface area contributed by atoms with Crippen LogP contribution in [0.1, 0.15) is 19.4 Å². The van der Waals surface area contributed by atoms with Crippen molar-refractivity contribution in [2.75, 3.05) is 6.61 Å². The number of aromatic nitrogens is 3. The van der Waals surface area contributed by atoms with E-state index in [1.165, 1.54) is 6.20 Å². The lowest BCUT2D eigenvalue weighted by atomic mass is 10.2. The summed E-state index contributed by atoms with van der Waals surface area (Å²) in [5.74, 6) is 0. The quantitative estimate of drug-likeness (QED) is 0.859. The third kappa shape index (κ3) is 1.72. The molecule has 2 N–H and O–H groups in total. The average molecular weight is 242 g/mol. The number of fused-ring (bicyclic) bond motifs is 1. The minimum atomic E-state index is -0.217. The molecule has 0 saturated carbocycles. The van der Waals surface area contributed by atoms with Crippen LogP contribution in [-0.2, 0) is 0 Å². The van der Waals surface area contributed by atoms with Crippen molar-refractivity contribution >= 4 is 22.8 Å². The van der Waals surface area contributed by atoms with Crippen molar-refractivity contribution in [3.63, 3.8) is 0 Å². The number of hydrogen-bond acceptors (Lipinski definition) is 4. The van der Waals surface area contributed by atoms with Crippen LogP contribution in [0.25, 0.3) is 11.2 Å². The van der Waals surface area contributed by atoms with Gasteiger partial charge in [-0.15, -0.1) is 0 Å². The fourth-order valence-corrected chi connectivity index (χ4v) is 1.85. The molecule has 16 heavy (non-hydrogen) atoms. The van der Waals surface area contributed by atoms with Gasteiger partial charge in [-0.25, -0.2) is 4.98 Å². The zero-order valence-electron chi connectivity index (χ0n) is 8.76. The normalized spacial score (nSPS) is 13.2. The number of rotatable bonds is 3. The molecule has 0 amide bonds. The summed E-state index contributed by atoms with van der Waals surface area (Å²) in [6.45, 7) is 1.85. The van der Waals surface area contributed by atoms with Gasteiger partial charge < -0.3 is 10.2 Å². The molecule has 1 atom stereocenters. The van der Waals surface area contributed by atoms with Crippen molar-refractivity contribution < 1.29 is 10.2 Å². The van der Waals surface area contributed by atoms with Crippen LogP contribution in [-0.4, -0.2) is 31.4 Å². The van der Waals surface area contributed by atoms with Crippen LogP contribution in [0.15, 0.2) is 12.3 Å². The molecule has 1 unspecified atom stereocenters. The fraction of sp³-hybridized carbons (Fsp3) is 0.400. The highest BCUT2D eigenvalue weighted by molar-refractivity contribution is 6.31. The molecule has 0 aromatic carbocycles. The Labute approximate surface area is 97.3 Å². The van der Waals surface area contributed by atoms with Crippen LogP contribution in [0.4, 0.5) is 0 Å². The molecule has 0 saturated heterocycles. The molecule has 86 valence electrons. The highest BCUT2D eigenvalue weighted by Gasteiger charge is 2.17. The Morgan fingerprint density at radius 2 is 2.31 bits per heavy atom. The van der Waals surface area contributed by atoms with E-state index in [1.54, 1.807) is 10.6 Å². The van der Waals surface area contributed by atoms with Gasteiger partial charge in [0.25, 0.3) is 6.01 Å². The average Bonchev–Trinajstić information content (AvgIpc) is 2.58. The van der Waals surface area contributed by atoms with Gasteiger partial charge in [-0.05, 0) is 12.5 Å². The summed E-state index contributed by atoms with van der Waals surface area (Å²) in [7, 11) is 0. The lowest BCUT2D eigenvalue weighted by molar-refractivity contribution is 0.216. The van der Waals surface area contributed by atoms with Crippen LogP contribution in [0.2, 0.25) is 5.02 Å². The van der Waals surface area contributed by atoms with Gasteiger partial charge in [0.15, 0.2) is 5.65 Å². The van der Waals surface area contributed by atoms with Gasteiger partial charge in [-0.2, -0.15) is 4.98 Å². The predicted molar refractivity (Wildman–Crippen MR) is 60.6 cm³/mol. The monoisotopic (exact) mass is 241 g/mol. The molecule has 0 bridgehead atoms. The number of nitrogens with zero attached hydrogens (tertiary/aromatic N) is 3. The summed E-state index contributed by atoms with van der Waals surface area (Å²) in [6.07, 6.45) is 2.16. The summed E-state index contributed by atoms with van der Waals surface area (Å²) in [4.78, 5) is 7.92. The lowest BCUT2D eigenvalue weighted by Crippen LogP contribution is -2.11. The lowest BCUT2D eigenvalue weighted by Gasteiger charge is -2.14. The number of imidazole rings is 1. The third-order valence-electron chi connectivity index (χ3n) is 2.54. The fourth-order valence-electron chi connectivity index (χ4n) is 1.69. The Balaban J connectivity index is 2.66. The molecule has 2 rings (SSSR count). The van der Waals surface area contributed by atoms with E-state index in [4.69, 9.17) is 11.6 Å². The van der Waals surface area contributed by atoms with E-state index in [0.29, 0.717) is 22.6 Å². The predicted octanol–water partition coefficient (Wildman–Crippen LogP) is 1.73. The SMILES string of the molecule is CCC(CO)n1c(O)nc2ncc(Cl)cc21. The Hall–Kier alpha value is -1.33. The van der Waals surface area contributed by atoms with E-state index in [2.05, 4.69) is 9.97 Å². The smallest absolute Gasteiger partial charge is 0.296 e. The molecule has 0 aliphatic heterocycles. The maximum atomic E-state index is 9.72. The van der Waals surface area contributed by atoms with Crippen molar-refractivity contribution in [1.29, 1.82) is 0 Å². The van der Waals surface area contributed by atoms with Crippen molar-refractivity contribution in [3.8, 4) is 6.01 Å². The molecule has 2 aromatic rings. The Bertz CT molecular complexity index is 508. The van der Waals surface area contributed by atoms with Crippen molar-refractivity contribution in [2.45, 2.75) is 19.4 Å². The van der Waals surface area contributed by atoms with E-state index < -0.39 is 0 Å². The van der Waals surface area contributed by atoms with Gasteiger partial charge in [0.2, 0.25) is 0 Å². The Morgan fingerprint density at radius 1 is 1.56 bits per heavy atom. The largest absolute Gasteiger partial charge is 0.480 e. The number of aliphatic hydroxyl groups excluding tert-OH is 1. The van der Waals surface area contributed by atoms with Gasteiger partial charge in [-0.1, -0.05) is 18.5 Å². The number of hydrogen-bond donors (Lipinski definition) is 2. The summed E-state index contributed by atoms with van der Waals surface area (Å²) in [5.41, 5.74) is 1.06. The summed E-state index contributed by atoms with van der Waals surface area (Å²) in [6, 6.07) is 1.31. The maximum Gasteiger partial charge on any atom is 0.296 e. The van der Waals surface area contributed by atoms with Crippen LogP contribution in [0.5, 0.6) is 6.01 Å². The first-order valence-electron chi connectivity index (χ1n) is 5.00. The first-order valence-corrected chi connectivity index (χ1v) is 5.38. The second-order valence-corrected chi connectivity index (χ2v) is 3.96.